The second-order valence-corrected chi connectivity index (χ2v) is 6.73. The first-order valence-electron chi connectivity index (χ1n) is 8.54. The largest absolute Gasteiger partial charge is 0.497 e. The number of carbonyl (C=O) groups is 1. The van der Waals surface area contributed by atoms with Crippen LogP contribution in [-0.2, 0) is 0 Å². The lowest BCUT2D eigenvalue weighted by molar-refractivity contribution is 0.0714. The maximum Gasteiger partial charge on any atom is 0.254 e. The van der Waals surface area contributed by atoms with Crippen molar-refractivity contribution in [1.82, 2.24) is 15.2 Å². The highest BCUT2D eigenvalue weighted by Gasteiger charge is 2.46. The third kappa shape index (κ3) is 2.82. The molecule has 0 radical (unpaired) electrons. The van der Waals surface area contributed by atoms with Crippen LogP contribution in [-0.4, -0.2) is 42.5 Å². The third-order valence-electron chi connectivity index (χ3n) is 5.31. The number of carbonyl (C=O) groups excluding carboxylic acids is 1. The summed E-state index contributed by atoms with van der Waals surface area (Å²) in [5, 5.41) is 3.46. The Morgan fingerprint density at radius 3 is 2.80 bits per heavy atom. The molecule has 3 heterocycles. The van der Waals surface area contributed by atoms with Gasteiger partial charge in [0.15, 0.2) is 0 Å². The molecule has 2 aromatic rings. The Morgan fingerprint density at radius 1 is 1.28 bits per heavy atom. The van der Waals surface area contributed by atoms with E-state index in [0.29, 0.717) is 23.2 Å². The molecule has 0 spiro atoms. The average molecular weight is 338 g/mol. The molecule has 130 valence electrons. The molecular formula is C19H22N4O2. The van der Waals surface area contributed by atoms with Crippen molar-refractivity contribution in [3.8, 4) is 5.75 Å². The van der Waals surface area contributed by atoms with E-state index in [4.69, 9.17) is 10.5 Å². The summed E-state index contributed by atoms with van der Waals surface area (Å²) in [5.74, 6) is 2.12. The number of fused-ring (bicyclic) bond motifs is 1. The number of likely N-dealkylation sites (tertiary alicyclic amines) is 1. The molecule has 0 saturated carbocycles. The van der Waals surface area contributed by atoms with Crippen molar-refractivity contribution in [2.24, 2.45) is 11.8 Å². The Balaban J connectivity index is 1.68. The molecule has 1 aromatic heterocycles. The van der Waals surface area contributed by atoms with E-state index in [0.717, 1.165) is 30.9 Å². The summed E-state index contributed by atoms with van der Waals surface area (Å²) in [5.41, 5.74) is 7.50. The molecule has 1 aromatic carbocycles. The number of ether oxygens (including phenoxy) is 1. The number of aromatic nitrogens is 1. The van der Waals surface area contributed by atoms with Gasteiger partial charge in [0.05, 0.1) is 13.2 Å². The molecule has 4 rings (SSSR count). The van der Waals surface area contributed by atoms with Crippen LogP contribution >= 0.6 is 0 Å². The van der Waals surface area contributed by atoms with Gasteiger partial charge in [0.1, 0.15) is 11.6 Å². The monoisotopic (exact) mass is 338 g/mol. The van der Waals surface area contributed by atoms with E-state index < -0.39 is 0 Å². The Bertz CT molecular complexity index is 777. The number of nitrogens with two attached hydrogens (primary N) is 1. The second-order valence-electron chi connectivity index (χ2n) is 6.73. The van der Waals surface area contributed by atoms with Crippen LogP contribution in [0.3, 0.4) is 0 Å². The van der Waals surface area contributed by atoms with Crippen molar-refractivity contribution < 1.29 is 9.53 Å². The first-order valence-corrected chi connectivity index (χ1v) is 8.54. The SMILES string of the molecule is COc1ccc([C@H]2[C@H]3CNC[C@H]3CN2C(=O)c2ccnc(N)c2)cc1. The van der Waals surface area contributed by atoms with Gasteiger partial charge in [0, 0.05) is 37.3 Å². The van der Waals surface area contributed by atoms with Gasteiger partial charge in [-0.25, -0.2) is 4.98 Å². The molecule has 2 aliphatic heterocycles. The number of hydrogen-bond donors (Lipinski definition) is 2. The Morgan fingerprint density at radius 2 is 2.08 bits per heavy atom. The summed E-state index contributed by atoms with van der Waals surface area (Å²) in [6.45, 7) is 2.65. The zero-order valence-electron chi connectivity index (χ0n) is 14.2. The minimum Gasteiger partial charge on any atom is -0.497 e. The number of benzene rings is 1. The summed E-state index contributed by atoms with van der Waals surface area (Å²) in [4.78, 5) is 19.1. The predicted octanol–water partition coefficient (Wildman–Crippen LogP) is 1.71. The number of nitrogens with zero attached hydrogens (tertiary/aromatic N) is 2. The van der Waals surface area contributed by atoms with E-state index in [1.165, 1.54) is 0 Å². The van der Waals surface area contributed by atoms with Gasteiger partial charge in [-0.2, -0.15) is 0 Å². The predicted molar refractivity (Wildman–Crippen MR) is 95.3 cm³/mol. The molecule has 0 unspecified atom stereocenters. The van der Waals surface area contributed by atoms with E-state index in [1.807, 2.05) is 17.0 Å². The molecule has 1 amide bonds. The summed E-state index contributed by atoms with van der Waals surface area (Å²) in [6.07, 6.45) is 1.59. The topological polar surface area (TPSA) is 80.5 Å². The van der Waals surface area contributed by atoms with Gasteiger partial charge in [-0.3, -0.25) is 4.79 Å². The van der Waals surface area contributed by atoms with Crippen molar-refractivity contribution in [2.45, 2.75) is 6.04 Å². The zero-order chi connectivity index (χ0) is 17.4. The van der Waals surface area contributed by atoms with Crippen molar-refractivity contribution in [3.05, 3.63) is 53.7 Å². The lowest BCUT2D eigenvalue weighted by Crippen LogP contribution is -2.34. The van der Waals surface area contributed by atoms with E-state index in [-0.39, 0.29) is 11.9 Å². The van der Waals surface area contributed by atoms with Crippen LogP contribution in [0, 0.1) is 11.8 Å². The third-order valence-corrected chi connectivity index (χ3v) is 5.31. The highest BCUT2D eigenvalue weighted by atomic mass is 16.5. The number of methoxy groups -OCH3 is 1. The van der Waals surface area contributed by atoms with Crippen LogP contribution in [0.2, 0.25) is 0 Å². The van der Waals surface area contributed by atoms with E-state index in [2.05, 4.69) is 22.4 Å². The molecule has 6 heteroatoms. The summed E-state index contributed by atoms with van der Waals surface area (Å²) in [7, 11) is 1.66. The Kier molecular flexibility index (Phi) is 4.05. The smallest absolute Gasteiger partial charge is 0.254 e. The van der Waals surface area contributed by atoms with Gasteiger partial charge in [0.2, 0.25) is 0 Å². The van der Waals surface area contributed by atoms with Crippen LogP contribution in [0.15, 0.2) is 42.6 Å². The second kappa shape index (κ2) is 6.37. The lowest BCUT2D eigenvalue weighted by atomic mass is 9.89. The number of rotatable bonds is 3. The fourth-order valence-electron chi connectivity index (χ4n) is 4.10. The molecule has 6 nitrogen and oxygen atoms in total. The minimum absolute atomic E-state index is 0.0179. The summed E-state index contributed by atoms with van der Waals surface area (Å²) in [6, 6.07) is 11.5. The Labute approximate surface area is 147 Å². The van der Waals surface area contributed by atoms with Crippen molar-refractivity contribution in [2.75, 3.05) is 32.5 Å². The van der Waals surface area contributed by atoms with Crippen molar-refractivity contribution in [1.29, 1.82) is 0 Å². The molecule has 0 bridgehead atoms. The quantitative estimate of drug-likeness (QED) is 0.890. The van der Waals surface area contributed by atoms with Crippen LogP contribution in [0.4, 0.5) is 5.82 Å². The standard InChI is InChI=1S/C19H22N4O2/c1-25-15-4-2-12(3-5-15)18-16-10-21-9-14(16)11-23(18)19(24)13-6-7-22-17(20)8-13/h2-8,14,16,18,21H,9-11H2,1H3,(H2,20,22)/t14-,16-,18-/m0/s1. The molecule has 2 saturated heterocycles. The Hall–Kier alpha value is -2.60. The highest BCUT2D eigenvalue weighted by Crippen LogP contribution is 2.43. The van der Waals surface area contributed by atoms with Gasteiger partial charge in [0.25, 0.3) is 5.91 Å². The van der Waals surface area contributed by atoms with Gasteiger partial charge in [-0.05, 0) is 35.7 Å². The van der Waals surface area contributed by atoms with E-state index >= 15 is 0 Å². The van der Waals surface area contributed by atoms with Gasteiger partial charge in [-0.1, -0.05) is 12.1 Å². The van der Waals surface area contributed by atoms with Crippen molar-refractivity contribution in [3.63, 3.8) is 0 Å². The first kappa shape index (κ1) is 15.9. The molecule has 0 aliphatic carbocycles. The number of amides is 1. The fraction of sp³-hybridized carbons (Fsp3) is 0.368. The number of nitrogens with one attached hydrogen (secondary N) is 1. The van der Waals surface area contributed by atoms with Crippen LogP contribution in [0.1, 0.15) is 22.0 Å². The fourth-order valence-corrected chi connectivity index (χ4v) is 4.10. The molecule has 3 atom stereocenters. The molecule has 25 heavy (non-hydrogen) atoms. The van der Waals surface area contributed by atoms with Crippen LogP contribution in [0.5, 0.6) is 5.75 Å². The molecule has 2 fully saturated rings. The van der Waals surface area contributed by atoms with Gasteiger partial charge < -0.3 is 20.7 Å². The number of anilines is 1. The molecule has 2 aliphatic rings. The van der Waals surface area contributed by atoms with Crippen LogP contribution in [0.25, 0.3) is 0 Å². The normalized spacial score (nSPS) is 25.0. The highest BCUT2D eigenvalue weighted by molar-refractivity contribution is 5.95. The number of hydrogen-bond acceptors (Lipinski definition) is 5. The van der Waals surface area contributed by atoms with Crippen LogP contribution < -0.4 is 15.8 Å². The lowest BCUT2D eigenvalue weighted by Gasteiger charge is -2.28. The number of nitrogen functional groups attached to an aromatic ring is 1. The van der Waals surface area contributed by atoms with E-state index in [1.54, 1.807) is 25.4 Å². The summed E-state index contributed by atoms with van der Waals surface area (Å²) >= 11 is 0. The molecule has 3 N–H and O–H groups in total. The maximum absolute atomic E-state index is 13.1. The zero-order valence-corrected chi connectivity index (χ0v) is 14.2. The van der Waals surface area contributed by atoms with E-state index in [9.17, 15) is 4.79 Å². The van der Waals surface area contributed by atoms with Gasteiger partial charge in [-0.15, -0.1) is 0 Å². The number of pyridine rings is 1. The first-order chi connectivity index (χ1) is 12.2. The van der Waals surface area contributed by atoms with Crippen molar-refractivity contribution >= 4 is 11.7 Å². The molecular weight excluding hydrogens is 316 g/mol. The van der Waals surface area contributed by atoms with Gasteiger partial charge >= 0.3 is 0 Å². The summed E-state index contributed by atoms with van der Waals surface area (Å²) < 4.78 is 5.26. The average Bonchev–Trinajstić information content (AvgIpc) is 3.22. The minimum atomic E-state index is 0.0179. The maximum atomic E-state index is 13.1.